The minimum absolute atomic E-state index is 0.485. The molecule has 1 N–H and O–H groups in total. The van der Waals surface area contributed by atoms with Gasteiger partial charge in [0.05, 0.1) is 11.7 Å². The van der Waals surface area contributed by atoms with Gasteiger partial charge in [-0.05, 0) is 53.9 Å². The van der Waals surface area contributed by atoms with E-state index in [1.807, 2.05) is 73.5 Å². The molecular weight excluding hydrogens is 375 g/mol. The first-order chi connectivity index (χ1) is 13.7. The minimum Gasteiger partial charge on any atom is -0.387 e. The van der Waals surface area contributed by atoms with Crippen molar-refractivity contribution >= 4 is 0 Å². The number of halogens is 3. The fraction of sp³-hybridized carbons (Fsp3) is 0.250. The molecule has 3 rings (SSSR count). The van der Waals surface area contributed by atoms with Gasteiger partial charge in [0.15, 0.2) is 0 Å². The molecule has 29 heavy (non-hydrogen) atoms. The maximum absolute atomic E-state index is 13.0. The van der Waals surface area contributed by atoms with Crippen molar-refractivity contribution in [3.63, 3.8) is 0 Å². The van der Waals surface area contributed by atoms with Gasteiger partial charge in [-0.25, -0.2) is 0 Å². The van der Waals surface area contributed by atoms with Gasteiger partial charge in [0.25, 0.3) is 0 Å². The number of rotatable bonds is 6. The second-order valence-corrected chi connectivity index (χ2v) is 7.35. The zero-order valence-corrected chi connectivity index (χ0v) is 16.4. The zero-order valence-electron chi connectivity index (χ0n) is 16.4. The maximum atomic E-state index is 13.0. The van der Waals surface area contributed by atoms with Crippen molar-refractivity contribution in [2.24, 2.45) is 0 Å². The van der Waals surface area contributed by atoms with Gasteiger partial charge in [-0.15, -0.1) is 0 Å². The summed E-state index contributed by atoms with van der Waals surface area (Å²) in [5.41, 5.74) is 3.39. The normalized spacial score (nSPS) is 12.9. The van der Waals surface area contributed by atoms with Crippen LogP contribution in [0, 0.1) is 6.92 Å². The number of aryl methyl sites for hydroxylation is 1. The molecule has 0 saturated carbocycles. The third-order valence-electron chi connectivity index (χ3n) is 4.95. The smallest absolute Gasteiger partial charge is 0.387 e. The lowest BCUT2D eigenvalue weighted by atomic mass is 9.97. The number of aliphatic hydroxyl groups excluding tert-OH is 1. The predicted molar refractivity (Wildman–Crippen MR) is 109 cm³/mol. The van der Waals surface area contributed by atoms with Gasteiger partial charge in [0.2, 0.25) is 0 Å². The number of nitrogens with zero attached hydrogens (tertiary/aromatic N) is 1. The van der Waals surface area contributed by atoms with Crippen molar-refractivity contribution in [1.29, 1.82) is 0 Å². The van der Waals surface area contributed by atoms with E-state index in [0.29, 0.717) is 18.7 Å². The highest BCUT2D eigenvalue weighted by Gasteiger charge is 2.30. The van der Waals surface area contributed by atoms with Crippen LogP contribution in [0.1, 0.15) is 28.4 Å². The van der Waals surface area contributed by atoms with Crippen LogP contribution in [0.3, 0.4) is 0 Å². The van der Waals surface area contributed by atoms with Crippen molar-refractivity contribution in [1.82, 2.24) is 4.90 Å². The Kier molecular flexibility index (Phi) is 6.40. The van der Waals surface area contributed by atoms with E-state index in [1.165, 1.54) is 12.1 Å². The highest BCUT2D eigenvalue weighted by Crippen LogP contribution is 2.34. The monoisotopic (exact) mass is 399 g/mol. The molecule has 2 nitrogen and oxygen atoms in total. The maximum Gasteiger partial charge on any atom is 0.416 e. The Morgan fingerprint density at radius 3 is 2.21 bits per heavy atom. The van der Waals surface area contributed by atoms with Crippen LogP contribution in [0.5, 0.6) is 0 Å². The molecule has 3 aromatic carbocycles. The number of alkyl halides is 3. The van der Waals surface area contributed by atoms with Crippen LogP contribution >= 0.6 is 0 Å². The average Bonchev–Trinajstić information content (AvgIpc) is 2.69. The van der Waals surface area contributed by atoms with Crippen molar-refractivity contribution in [2.75, 3.05) is 13.6 Å². The lowest BCUT2D eigenvalue weighted by molar-refractivity contribution is -0.137. The van der Waals surface area contributed by atoms with Crippen molar-refractivity contribution in [2.45, 2.75) is 25.7 Å². The molecule has 0 heterocycles. The summed E-state index contributed by atoms with van der Waals surface area (Å²) in [5.74, 6) is 0. The molecule has 0 amide bonds. The van der Waals surface area contributed by atoms with Crippen molar-refractivity contribution in [3.8, 4) is 11.1 Å². The molecule has 0 spiro atoms. The summed E-state index contributed by atoms with van der Waals surface area (Å²) in [5, 5.41) is 10.4. The zero-order chi connectivity index (χ0) is 21.0. The lowest BCUT2D eigenvalue weighted by Crippen LogP contribution is -2.24. The summed E-state index contributed by atoms with van der Waals surface area (Å²) in [6.45, 7) is 2.92. The van der Waals surface area contributed by atoms with Crippen LogP contribution in [0.15, 0.2) is 72.8 Å². The van der Waals surface area contributed by atoms with E-state index in [0.717, 1.165) is 28.3 Å². The second kappa shape index (κ2) is 8.80. The molecule has 0 bridgehead atoms. The first-order valence-electron chi connectivity index (χ1n) is 9.43. The van der Waals surface area contributed by atoms with E-state index in [9.17, 15) is 18.3 Å². The molecule has 152 valence electrons. The van der Waals surface area contributed by atoms with Gasteiger partial charge < -0.3 is 5.11 Å². The standard InChI is InChI=1S/C24H24F3NO/c1-17-8-13-21(24(25,26)27)14-22(17)19-11-9-18(10-12-19)15-28(2)16-23(29)20-6-4-3-5-7-20/h3-14,23,29H,15-16H2,1-2H3. The molecule has 0 aliphatic carbocycles. The Balaban J connectivity index is 1.69. The Bertz CT molecular complexity index is 937. The number of aliphatic hydroxyl groups is 1. The van der Waals surface area contributed by atoms with Gasteiger partial charge in [0.1, 0.15) is 0 Å². The van der Waals surface area contributed by atoms with Gasteiger partial charge in [-0.1, -0.05) is 60.7 Å². The summed E-state index contributed by atoms with van der Waals surface area (Å²) in [7, 11) is 1.93. The molecule has 0 radical (unpaired) electrons. The molecule has 0 saturated heterocycles. The van der Waals surface area contributed by atoms with Gasteiger partial charge in [-0.2, -0.15) is 13.2 Å². The summed E-state index contributed by atoms with van der Waals surface area (Å²) >= 11 is 0. The number of hydrogen-bond acceptors (Lipinski definition) is 2. The number of likely N-dealkylation sites (N-methyl/N-ethyl adjacent to an activating group) is 1. The van der Waals surface area contributed by atoms with E-state index in [-0.39, 0.29) is 0 Å². The lowest BCUT2D eigenvalue weighted by Gasteiger charge is -2.21. The fourth-order valence-electron chi connectivity index (χ4n) is 3.35. The highest BCUT2D eigenvalue weighted by molar-refractivity contribution is 5.68. The number of hydrogen-bond donors (Lipinski definition) is 1. The van der Waals surface area contributed by atoms with Gasteiger partial charge in [0, 0.05) is 13.1 Å². The Morgan fingerprint density at radius 2 is 1.59 bits per heavy atom. The summed E-state index contributed by atoms with van der Waals surface area (Å²) in [6.07, 6.45) is -4.93. The van der Waals surface area contributed by atoms with Crippen LogP contribution < -0.4 is 0 Å². The topological polar surface area (TPSA) is 23.5 Å². The van der Waals surface area contributed by atoms with Crippen LogP contribution in [-0.4, -0.2) is 23.6 Å². The van der Waals surface area contributed by atoms with Crippen LogP contribution in [0.2, 0.25) is 0 Å². The quantitative estimate of drug-likeness (QED) is 0.562. The Hall–Kier alpha value is -2.63. The molecule has 5 heteroatoms. The number of benzene rings is 3. The summed E-state index contributed by atoms with van der Waals surface area (Å²) in [6, 6.07) is 20.8. The molecule has 1 unspecified atom stereocenters. The molecule has 3 aromatic rings. The van der Waals surface area contributed by atoms with Crippen LogP contribution in [-0.2, 0) is 12.7 Å². The SMILES string of the molecule is Cc1ccc(C(F)(F)F)cc1-c1ccc(CN(C)CC(O)c2ccccc2)cc1. The molecule has 1 atom stereocenters. The van der Waals surface area contributed by atoms with Crippen molar-refractivity contribution in [3.05, 3.63) is 95.1 Å². The van der Waals surface area contributed by atoms with E-state index in [1.54, 1.807) is 0 Å². The van der Waals surface area contributed by atoms with Crippen LogP contribution in [0.4, 0.5) is 13.2 Å². The highest BCUT2D eigenvalue weighted by atomic mass is 19.4. The summed E-state index contributed by atoms with van der Waals surface area (Å²) < 4.78 is 39.1. The van der Waals surface area contributed by atoms with E-state index < -0.39 is 17.8 Å². The summed E-state index contributed by atoms with van der Waals surface area (Å²) in [4.78, 5) is 2.02. The van der Waals surface area contributed by atoms with Gasteiger partial charge in [-0.3, -0.25) is 4.90 Å². The molecule has 0 aliphatic heterocycles. The molecular formula is C24H24F3NO. The van der Waals surface area contributed by atoms with Gasteiger partial charge >= 0.3 is 6.18 Å². The Morgan fingerprint density at radius 1 is 0.931 bits per heavy atom. The largest absolute Gasteiger partial charge is 0.416 e. The van der Waals surface area contributed by atoms with E-state index >= 15 is 0 Å². The molecule has 0 aromatic heterocycles. The van der Waals surface area contributed by atoms with Crippen LogP contribution in [0.25, 0.3) is 11.1 Å². The minimum atomic E-state index is -4.36. The fourth-order valence-corrected chi connectivity index (χ4v) is 3.35. The van der Waals surface area contributed by atoms with Crippen molar-refractivity contribution < 1.29 is 18.3 Å². The predicted octanol–water partition coefficient (Wildman–Crippen LogP) is 5.85. The first-order valence-corrected chi connectivity index (χ1v) is 9.43. The van der Waals surface area contributed by atoms with E-state index in [4.69, 9.17) is 0 Å². The molecule has 0 fully saturated rings. The Labute approximate surface area is 169 Å². The first kappa shape index (κ1) is 21.1. The second-order valence-electron chi connectivity index (χ2n) is 7.35. The third-order valence-corrected chi connectivity index (χ3v) is 4.95. The average molecular weight is 399 g/mol. The van der Waals surface area contributed by atoms with E-state index in [2.05, 4.69) is 0 Å². The molecule has 0 aliphatic rings. The third kappa shape index (κ3) is 5.46.